The molecule has 32 heavy (non-hydrogen) atoms. The third kappa shape index (κ3) is 5.32. The van der Waals surface area contributed by atoms with Gasteiger partial charge in [0.15, 0.2) is 12.6 Å². The second-order valence-electron chi connectivity index (χ2n) is 8.48. The minimum absolute atomic E-state index is 0.00678. The number of carbonyl (C=O) groups is 2. The number of ether oxygens (including phenoxy) is 1. The molecule has 0 spiro atoms. The van der Waals surface area contributed by atoms with Crippen LogP contribution in [0.3, 0.4) is 0 Å². The zero-order valence-corrected chi connectivity index (χ0v) is 19.0. The van der Waals surface area contributed by atoms with Gasteiger partial charge in [0.05, 0.1) is 12.2 Å². The third-order valence-electron chi connectivity index (χ3n) is 6.35. The first kappa shape index (κ1) is 22.4. The molecule has 4 rings (SSSR count). The number of hydrogen-bond donors (Lipinski definition) is 1. The third-order valence-corrected chi connectivity index (χ3v) is 6.35. The van der Waals surface area contributed by atoms with Gasteiger partial charge in [-0.25, -0.2) is 0 Å². The predicted molar refractivity (Wildman–Crippen MR) is 124 cm³/mol. The number of nitrogens with zero attached hydrogens (tertiary/aromatic N) is 5. The van der Waals surface area contributed by atoms with Crippen LogP contribution >= 0.6 is 0 Å². The number of aliphatic imine (C=N–C) groups is 1. The smallest absolute Gasteiger partial charge is 0.265 e. The van der Waals surface area contributed by atoms with Crippen molar-refractivity contribution in [3.63, 3.8) is 0 Å². The van der Waals surface area contributed by atoms with Crippen LogP contribution in [-0.2, 0) is 9.59 Å². The van der Waals surface area contributed by atoms with Crippen molar-refractivity contribution in [2.75, 3.05) is 77.5 Å². The topological polar surface area (TPSA) is 80.7 Å². The SMILES string of the molecule is CN=C(NCCCN1C(=O)COc2ccccc21)N1CCN(CC(=O)N2CCCC2)CC1. The number of fused-ring (bicyclic) bond motifs is 1. The van der Waals surface area contributed by atoms with Crippen molar-refractivity contribution in [3.05, 3.63) is 24.3 Å². The molecule has 3 heterocycles. The van der Waals surface area contributed by atoms with Gasteiger partial charge in [0, 0.05) is 59.4 Å². The number of piperazine rings is 1. The van der Waals surface area contributed by atoms with E-state index in [0.29, 0.717) is 13.1 Å². The van der Waals surface area contributed by atoms with E-state index in [2.05, 4.69) is 20.1 Å². The average molecular weight is 443 g/mol. The highest BCUT2D eigenvalue weighted by Gasteiger charge is 2.26. The van der Waals surface area contributed by atoms with Gasteiger partial charge in [0.25, 0.3) is 5.91 Å². The molecule has 174 valence electrons. The zero-order chi connectivity index (χ0) is 22.3. The van der Waals surface area contributed by atoms with E-state index in [1.165, 1.54) is 0 Å². The van der Waals surface area contributed by atoms with Crippen LogP contribution in [0.2, 0.25) is 0 Å². The molecule has 2 saturated heterocycles. The summed E-state index contributed by atoms with van der Waals surface area (Å²) in [5.74, 6) is 1.89. The number of hydrogen-bond acceptors (Lipinski definition) is 5. The molecule has 3 aliphatic heterocycles. The van der Waals surface area contributed by atoms with Crippen LogP contribution < -0.4 is 15.0 Å². The first-order valence-corrected chi connectivity index (χ1v) is 11.6. The van der Waals surface area contributed by atoms with E-state index in [9.17, 15) is 9.59 Å². The van der Waals surface area contributed by atoms with Gasteiger partial charge in [-0.15, -0.1) is 0 Å². The molecular formula is C23H34N6O3. The van der Waals surface area contributed by atoms with Crippen molar-refractivity contribution in [1.82, 2.24) is 20.0 Å². The second-order valence-corrected chi connectivity index (χ2v) is 8.48. The van der Waals surface area contributed by atoms with E-state index in [4.69, 9.17) is 4.74 Å². The molecule has 2 fully saturated rings. The molecule has 1 N–H and O–H groups in total. The van der Waals surface area contributed by atoms with Crippen molar-refractivity contribution >= 4 is 23.5 Å². The number of para-hydroxylation sites is 2. The van der Waals surface area contributed by atoms with Crippen LogP contribution in [0.25, 0.3) is 0 Å². The Balaban J connectivity index is 1.19. The van der Waals surface area contributed by atoms with Crippen LogP contribution in [0.4, 0.5) is 5.69 Å². The first-order valence-electron chi connectivity index (χ1n) is 11.6. The molecule has 0 aliphatic carbocycles. The van der Waals surface area contributed by atoms with Gasteiger partial charge >= 0.3 is 0 Å². The Morgan fingerprint density at radius 3 is 2.56 bits per heavy atom. The number of guanidine groups is 1. The van der Waals surface area contributed by atoms with Crippen molar-refractivity contribution in [2.24, 2.45) is 4.99 Å². The van der Waals surface area contributed by atoms with Crippen molar-refractivity contribution < 1.29 is 14.3 Å². The molecule has 3 aliphatic rings. The maximum absolute atomic E-state index is 12.4. The molecule has 1 aromatic rings. The lowest BCUT2D eigenvalue weighted by atomic mass is 10.2. The minimum Gasteiger partial charge on any atom is -0.482 e. The molecule has 0 bridgehead atoms. The van der Waals surface area contributed by atoms with Gasteiger partial charge in [0.1, 0.15) is 5.75 Å². The quantitative estimate of drug-likeness (QED) is 0.395. The molecule has 9 heteroatoms. The van der Waals surface area contributed by atoms with Gasteiger partial charge in [-0.3, -0.25) is 19.5 Å². The number of likely N-dealkylation sites (tertiary alicyclic amines) is 1. The summed E-state index contributed by atoms with van der Waals surface area (Å²) in [4.78, 5) is 37.4. The molecule has 2 amide bonds. The highest BCUT2D eigenvalue weighted by Crippen LogP contribution is 2.31. The number of amides is 2. The summed E-state index contributed by atoms with van der Waals surface area (Å²) < 4.78 is 5.51. The molecule has 0 radical (unpaired) electrons. The van der Waals surface area contributed by atoms with E-state index in [-0.39, 0.29) is 18.4 Å². The maximum Gasteiger partial charge on any atom is 0.265 e. The van der Waals surface area contributed by atoms with E-state index in [1.54, 1.807) is 11.9 Å². The lowest BCUT2D eigenvalue weighted by Gasteiger charge is -2.36. The molecule has 1 aromatic carbocycles. The molecule has 0 saturated carbocycles. The van der Waals surface area contributed by atoms with E-state index in [1.807, 2.05) is 29.2 Å². The molecule has 0 aromatic heterocycles. The fraction of sp³-hybridized carbons (Fsp3) is 0.609. The van der Waals surface area contributed by atoms with E-state index in [0.717, 1.165) is 82.5 Å². The Morgan fingerprint density at radius 1 is 1.06 bits per heavy atom. The number of carbonyl (C=O) groups excluding carboxylic acids is 2. The Morgan fingerprint density at radius 2 is 1.81 bits per heavy atom. The van der Waals surface area contributed by atoms with Crippen molar-refractivity contribution in [3.8, 4) is 5.75 Å². The number of benzene rings is 1. The summed E-state index contributed by atoms with van der Waals surface area (Å²) in [5, 5.41) is 3.43. The molecule has 0 atom stereocenters. The summed E-state index contributed by atoms with van der Waals surface area (Å²) >= 11 is 0. The number of rotatable bonds is 6. The lowest BCUT2D eigenvalue weighted by molar-refractivity contribution is -0.131. The number of anilines is 1. The van der Waals surface area contributed by atoms with Gasteiger partial charge in [-0.05, 0) is 31.4 Å². The zero-order valence-electron chi connectivity index (χ0n) is 19.0. The standard InChI is InChI=1S/C23H34N6O3/c1-24-23(28-15-13-26(14-16-28)17-21(30)27-10-4-5-11-27)25-9-6-12-29-19-7-2-3-8-20(19)32-18-22(29)31/h2-3,7-8H,4-6,9-18H2,1H3,(H,24,25). The second kappa shape index (κ2) is 10.7. The van der Waals surface area contributed by atoms with Crippen molar-refractivity contribution in [1.29, 1.82) is 0 Å². The Labute approximate surface area is 190 Å². The Kier molecular flexibility index (Phi) is 7.47. The highest BCUT2D eigenvalue weighted by atomic mass is 16.5. The predicted octanol–water partition coefficient (Wildman–Crippen LogP) is 0.618. The first-order chi connectivity index (χ1) is 15.7. The Hall–Kier alpha value is -2.81. The van der Waals surface area contributed by atoms with Crippen molar-refractivity contribution in [2.45, 2.75) is 19.3 Å². The number of nitrogens with one attached hydrogen (secondary N) is 1. The summed E-state index contributed by atoms with van der Waals surface area (Å²) in [6.07, 6.45) is 3.07. The van der Waals surface area contributed by atoms with E-state index >= 15 is 0 Å². The fourth-order valence-electron chi connectivity index (χ4n) is 4.54. The fourth-order valence-corrected chi connectivity index (χ4v) is 4.54. The van der Waals surface area contributed by atoms with Crippen LogP contribution in [0.1, 0.15) is 19.3 Å². The van der Waals surface area contributed by atoms with Crippen LogP contribution in [0.5, 0.6) is 5.75 Å². The maximum atomic E-state index is 12.4. The molecule has 0 unspecified atom stereocenters. The lowest BCUT2D eigenvalue weighted by Crippen LogP contribution is -2.54. The molecular weight excluding hydrogens is 408 g/mol. The minimum atomic E-state index is -0.00678. The van der Waals surface area contributed by atoms with Gasteiger partial charge in [-0.2, -0.15) is 0 Å². The molecule has 9 nitrogen and oxygen atoms in total. The van der Waals surface area contributed by atoms with Crippen LogP contribution in [-0.4, -0.2) is 105 Å². The Bertz CT molecular complexity index is 831. The summed E-state index contributed by atoms with van der Waals surface area (Å²) in [6, 6.07) is 7.66. The summed E-state index contributed by atoms with van der Waals surface area (Å²) in [7, 11) is 1.80. The summed E-state index contributed by atoms with van der Waals surface area (Å²) in [6.45, 7) is 7.23. The highest BCUT2D eigenvalue weighted by molar-refractivity contribution is 5.97. The van der Waals surface area contributed by atoms with E-state index < -0.39 is 0 Å². The largest absolute Gasteiger partial charge is 0.482 e. The normalized spacial score (nSPS) is 19.7. The van der Waals surface area contributed by atoms with Crippen LogP contribution in [0.15, 0.2) is 29.3 Å². The monoisotopic (exact) mass is 442 g/mol. The van der Waals surface area contributed by atoms with Crippen LogP contribution in [0, 0.1) is 0 Å². The van der Waals surface area contributed by atoms with Gasteiger partial charge in [-0.1, -0.05) is 12.1 Å². The van der Waals surface area contributed by atoms with Gasteiger partial charge < -0.3 is 24.8 Å². The average Bonchev–Trinajstić information content (AvgIpc) is 3.36. The summed E-state index contributed by atoms with van der Waals surface area (Å²) in [5.41, 5.74) is 0.840. The van der Waals surface area contributed by atoms with Gasteiger partial charge in [0.2, 0.25) is 5.91 Å².